The Labute approximate surface area is 215 Å². The fraction of sp³-hybridized carbons (Fsp3) is 0.821. The molecule has 1 N–H and O–H groups in total. The molecule has 0 spiro atoms. The summed E-state index contributed by atoms with van der Waals surface area (Å²) in [5.41, 5.74) is 0.675. The highest BCUT2D eigenvalue weighted by Gasteiger charge is 2.24. The molecular weight excluding hydrogens is 440 g/mol. The van der Waals surface area contributed by atoms with Crippen LogP contribution in [0.1, 0.15) is 93.4 Å². The Balaban J connectivity index is 0.000000791. The second-order valence-corrected chi connectivity index (χ2v) is 10.3. The van der Waals surface area contributed by atoms with Gasteiger partial charge in [-0.05, 0) is 71.9 Å². The number of likely N-dealkylation sites (N-methyl/N-ethyl adjacent to an activating group) is 1. The van der Waals surface area contributed by atoms with Crippen molar-refractivity contribution in [3.05, 3.63) is 11.6 Å². The predicted octanol–water partition coefficient (Wildman–Crippen LogP) is 4.47. The van der Waals surface area contributed by atoms with Gasteiger partial charge in [-0.15, -0.1) is 0 Å². The highest BCUT2D eigenvalue weighted by Crippen LogP contribution is 2.17. The predicted molar refractivity (Wildman–Crippen MR) is 146 cm³/mol. The van der Waals surface area contributed by atoms with Crippen molar-refractivity contribution in [1.29, 1.82) is 0 Å². The van der Waals surface area contributed by atoms with Crippen LogP contribution in [0.4, 0.5) is 0 Å². The lowest BCUT2D eigenvalue weighted by atomic mass is 9.99. The first-order valence-electron chi connectivity index (χ1n) is 13.7. The first-order chi connectivity index (χ1) is 16.6. The quantitative estimate of drug-likeness (QED) is 0.399. The Bertz CT molecular complexity index is 622. The third kappa shape index (κ3) is 13.7. The van der Waals surface area contributed by atoms with Crippen molar-refractivity contribution in [2.24, 2.45) is 5.92 Å². The molecule has 0 aliphatic carbocycles. The lowest BCUT2D eigenvalue weighted by Gasteiger charge is -2.31. The molecule has 0 saturated carbocycles. The molecule has 7 nitrogen and oxygen atoms in total. The summed E-state index contributed by atoms with van der Waals surface area (Å²) in [5, 5.41) is 2.38. The van der Waals surface area contributed by atoms with Gasteiger partial charge in [-0.3, -0.25) is 14.4 Å². The monoisotopic (exact) mass is 494 g/mol. The van der Waals surface area contributed by atoms with E-state index in [4.69, 9.17) is 0 Å². The van der Waals surface area contributed by atoms with Crippen LogP contribution in [0.5, 0.6) is 0 Å². The zero-order valence-electron chi connectivity index (χ0n) is 23.9. The van der Waals surface area contributed by atoms with Crippen molar-refractivity contribution in [1.82, 2.24) is 20.0 Å². The zero-order chi connectivity index (χ0) is 26.8. The van der Waals surface area contributed by atoms with Gasteiger partial charge in [-0.1, -0.05) is 46.6 Å². The van der Waals surface area contributed by atoms with Gasteiger partial charge in [0.15, 0.2) is 0 Å². The van der Waals surface area contributed by atoms with Crippen LogP contribution in [0.3, 0.4) is 0 Å². The van der Waals surface area contributed by atoms with Gasteiger partial charge in [0, 0.05) is 31.8 Å². The third-order valence-corrected chi connectivity index (χ3v) is 6.38. The Morgan fingerprint density at radius 3 is 1.80 bits per heavy atom. The first kappa shape index (κ1) is 33.1. The average molecular weight is 495 g/mol. The van der Waals surface area contributed by atoms with Crippen molar-refractivity contribution in [3.8, 4) is 0 Å². The lowest BCUT2D eigenvalue weighted by Crippen LogP contribution is -2.44. The number of hydrogen-bond donors (Lipinski definition) is 1. The van der Waals surface area contributed by atoms with Gasteiger partial charge in [0.05, 0.1) is 12.6 Å². The highest BCUT2D eigenvalue weighted by molar-refractivity contribution is 5.93. The summed E-state index contributed by atoms with van der Waals surface area (Å²) < 4.78 is 0. The summed E-state index contributed by atoms with van der Waals surface area (Å²) in [6.07, 6.45) is 11.2. The smallest absolute Gasteiger partial charge is 0.249 e. The van der Waals surface area contributed by atoms with E-state index in [0.717, 1.165) is 32.0 Å². The van der Waals surface area contributed by atoms with E-state index in [-0.39, 0.29) is 30.3 Å². The Hall–Kier alpha value is -1.89. The van der Waals surface area contributed by atoms with Gasteiger partial charge in [0.25, 0.3) is 0 Å². The topological polar surface area (TPSA) is 73.0 Å². The maximum Gasteiger partial charge on any atom is 0.249 e. The standard InChI is InChI=1S/C17H29N3O3.C8H17N.C3H8/c1-13(2)15(19(4)16(22)11-18-12-21)10-14(3)17(23)20-8-6-5-7-9-20;1-8(2)9-6-4-3-5-7-9;1-3-2/h10,12-13,15H,5-9,11H2,1-4H3,(H,18,21);8H,3-7H2,1-2H3;3H2,1-2H3/b14-10+;;/t15-;;/m1../s1. The summed E-state index contributed by atoms with van der Waals surface area (Å²) >= 11 is 0. The van der Waals surface area contributed by atoms with Crippen LogP contribution in [0.25, 0.3) is 0 Å². The van der Waals surface area contributed by atoms with E-state index < -0.39 is 0 Å². The summed E-state index contributed by atoms with van der Waals surface area (Å²) in [6.45, 7) is 18.9. The first-order valence-corrected chi connectivity index (χ1v) is 13.7. The second-order valence-electron chi connectivity index (χ2n) is 10.3. The fourth-order valence-corrected chi connectivity index (χ4v) is 4.28. The highest BCUT2D eigenvalue weighted by atomic mass is 16.2. The molecule has 0 radical (unpaired) electrons. The number of likely N-dealkylation sites (tertiary alicyclic amines) is 2. The molecule has 2 heterocycles. The number of piperidine rings is 2. The fourth-order valence-electron chi connectivity index (χ4n) is 4.28. The zero-order valence-corrected chi connectivity index (χ0v) is 23.9. The summed E-state index contributed by atoms with van der Waals surface area (Å²) in [6, 6.07) is 0.593. The third-order valence-electron chi connectivity index (χ3n) is 6.38. The molecule has 2 aliphatic rings. The van der Waals surface area contributed by atoms with Crippen LogP contribution in [-0.4, -0.2) is 84.8 Å². The van der Waals surface area contributed by atoms with Crippen LogP contribution < -0.4 is 5.32 Å². The molecule has 0 bridgehead atoms. The Morgan fingerprint density at radius 1 is 0.914 bits per heavy atom. The number of hydrogen-bond acceptors (Lipinski definition) is 4. The molecular formula is C28H54N4O3. The van der Waals surface area contributed by atoms with Crippen LogP contribution in [0.2, 0.25) is 0 Å². The van der Waals surface area contributed by atoms with E-state index >= 15 is 0 Å². The molecule has 2 rings (SSSR count). The van der Waals surface area contributed by atoms with Crippen LogP contribution >= 0.6 is 0 Å². The van der Waals surface area contributed by atoms with E-state index in [1.54, 1.807) is 11.9 Å². The van der Waals surface area contributed by atoms with E-state index in [2.05, 4.69) is 37.9 Å². The van der Waals surface area contributed by atoms with Crippen molar-refractivity contribution in [3.63, 3.8) is 0 Å². The van der Waals surface area contributed by atoms with Crippen molar-refractivity contribution in [2.45, 2.75) is 105 Å². The van der Waals surface area contributed by atoms with E-state index in [0.29, 0.717) is 12.0 Å². The minimum absolute atomic E-state index is 0.0316. The van der Waals surface area contributed by atoms with E-state index in [1.807, 2.05) is 31.7 Å². The normalized spacial score (nSPS) is 17.5. The number of rotatable bonds is 8. The number of amides is 3. The lowest BCUT2D eigenvalue weighted by molar-refractivity contribution is -0.132. The van der Waals surface area contributed by atoms with Gasteiger partial charge in [0.1, 0.15) is 0 Å². The average Bonchev–Trinajstić information content (AvgIpc) is 2.86. The molecule has 1 atom stereocenters. The molecule has 0 aromatic rings. The van der Waals surface area contributed by atoms with Crippen molar-refractivity contribution >= 4 is 18.2 Å². The largest absolute Gasteiger partial charge is 0.350 e. The van der Waals surface area contributed by atoms with Gasteiger partial charge < -0.3 is 20.0 Å². The SMILES string of the molecule is C/C(=C\[C@H](C(C)C)N(C)C(=O)CNC=O)C(=O)N1CCCCC1.CC(C)N1CCCCC1.CCC. The summed E-state index contributed by atoms with van der Waals surface area (Å²) in [4.78, 5) is 41.0. The summed E-state index contributed by atoms with van der Waals surface area (Å²) in [5.74, 6) is 0.0526. The molecule has 2 aliphatic heterocycles. The van der Waals surface area contributed by atoms with Gasteiger partial charge >= 0.3 is 0 Å². The van der Waals surface area contributed by atoms with Crippen LogP contribution in [0, 0.1) is 5.92 Å². The second kappa shape index (κ2) is 19.3. The van der Waals surface area contributed by atoms with Gasteiger partial charge in [-0.25, -0.2) is 0 Å². The molecule has 0 aromatic heterocycles. The number of carbonyl (C=O) groups excluding carboxylic acids is 3. The molecule has 2 saturated heterocycles. The molecule has 0 aromatic carbocycles. The maximum atomic E-state index is 12.5. The van der Waals surface area contributed by atoms with E-state index in [1.165, 1.54) is 45.2 Å². The number of nitrogens with zero attached hydrogens (tertiary/aromatic N) is 3. The summed E-state index contributed by atoms with van der Waals surface area (Å²) in [7, 11) is 1.70. The molecule has 0 unspecified atom stereocenters. The number of nitrogens with one attached hydrogen (secondary N) is 1. The van der Waals surface area contributed by atoms with E-state index in [9.17, 15) is 14.4 Å². The van der Waals surface area contributed by atoms with Gasteiger partial charge in [-0.2, -0.15) is 0 Å². The van der Waals surface area contributed by atoms with Crippen molar-refractivity contribution in [2.75, 3.05) is 39.8 Å². The Morgan fingerprint density at radius 2 is 1.40 bits per heavy atom. The number of carbonyl (C=O) groups is 3. The molecule has 7 heteroatoms. The molecule has 2 fully saturated rings. The van der Waals surface area contributed by atoms with Crippen molar-refractivity contribution < 1.29 is 14.4 Å². The molecule has 204 valence electrons. The maximum absolute atomic E-state index is 12.5. The Kier molecular flexibility index (Phi) is 18.3. The minimum Gasteiger partial charge on any atom is -0.350 e. The minimum atomic E-state index is -0.176. The van der Waals surface area contributed by atoms with Crippen LogP contribution in [0.15, 0.2) is 11.6 Å². The van der Waals surface area contributed by atoms with Gasteiger partial charge in [0.2, 0.25) is 18.2 Å². The van der Waals surface area contributed by atoms with Crippen LogP contribution in [-0.2, 0) is 14.4 Å². The molecule has 3 amide bonds. The molecule has 35 heavy (non-hydrogen) atoms.